The number of halogens is 1. The molecule has 0 aromatic heterocycles. The third-order valence-electron chi connectivity index (χ3n) is 3.77. The van der Waals surface area contributed by atoms with Crippen molar-refractivity contribution < 1.29 is 4.92 Å². The Morgan fingerprint density at radius 2 is 2.26 bits per heavy atom. The molecule has 2 unspecified atom stereocenters. The molecular weight excluding hydrogens is 264 g/mol. The molecule has 19 heavy (non-hydrogen) atoms. The number of nitrogens with one attached hydrogen (secondary N) is 1. The van der Waals surface area contributed by atoms with Crippen LogP contribution in [0.15, 0.2) is 18.2 Å². The van der Waals surface area contributed by atoms with Gasteiger partial charge in [0.1, 0.15) is 0 Å². The first-order chi connectivity index (χ1) is 9.06. The number of nitro groups is 1. The lowest BCUT2D eigenvalue weighted by molar-refractivity contribution is -0.384. The molecule has 1 aliphatic carbocycles. The topological polar surface area (TPSA) is 55.2 Å². The fraction of sp³-hybridized carbons (Fsp3) is 0.571. The van der Waals surface area contributed by atoms with Gasteiger partial charge in [0.2, 0.25) is 0 Å². The minimum Gasteiger partial charge on any atom is -0.310 e. The number of hydrogen-bond donors (Lipinski definition) is 1. The molecule has 1 aromatic carbocycles. The number of hydrogen-bond acceptors (Lipinski definition) is 3. The summed E-state index contributed by atoms with van der Waals surface area (Å²) in [5.74, 6) is 0.776. The molecule has 104 valence electrons. The van der Waals surface area contributed by atoms with Gasteiger partial charge in [0, 0.05) is 24.7 Å². The van der Waals surface area contributed by atoms with Crippen LogP contribution in [0.25, 0.3) is 0 Å². The summed E-state index contributed by atoms with van der Waals surface area (Å²) in [6.07, 6.45) is 4.99. The first-order valence-corrected chi connectivity index (χ1v) is 7.10. The Morgan fingerprint density at radius 3 is 2.89 bits per heavy atom. The van der Waals surface area contributed by atoms with E-state index >= 15 is 0 Å². The van der Waals surface area contributed by atoms with Gasteiger partial charge in [0.05, 0.1) is 9.95 Å². The lowest BCUT2D eigenvalue weighted by atomic mass is 9.87. The predicted molar refractivity (Wildman–Crippen MR) is 76.4 cm³/mol. The fourth-order valence-corrected chi connectivity index (χ4v) is 2.91. The molecule has 0 spiro atoms. The van der Waals surface area contributed by atoms with Crippen LogP contribution in [0, 0.1) is 16.0 Å². The van der Waals surface area contributed by atoms with E-state index in [9.17, 15) is 10.1 Å². The maximum absolute atomic E-state index is 10.6. The molecule has 1 aliphatic rings. The largest absolute Gasteiger partial charge is 0.310 e. The van der Waals surface area contributed by atoms with E-state index < -0.39 is 4.92 Å². The lowest BCUT2D eigenvalue weighted by Gasteiger charge is -2.27. The van der Waals surface area contributed by atoms with Crippen molar-refractivity contribution in [3.8, 4) is 0 Å². The second-order valence-electron chi connectivity index (χ2n) is 5.38. The van der Waals surface area contributed by atoms with Gasteiger partial charge in [-0.15, -0.1) is 0 Å². The van der Waals surface area contributed by atoms with Crippen LogP contribution in [0.2, 0.25) is 5.02 Å². The van der Waals surface area contributed by atoms with Crippen molar-refractivity contribution in [3.63, 3.8) is 0 Å². The summed E-state index contributed by atoms with van der Waals surface area (Å²) in [6.45, 7) is 2.96. The van der Waals surface area contributed by atoms with Gasteiger partial charge >= 0.3 is 0 Å². The Kier molecular flexibility index (Phi) is 4.77. The number of rotatable bonds is 4. The van der Waals surface area contributed by atoms with Crippen LogP contribution in [0.1, 0.15) is 38.2 Å². The van der Waals surface area contributed by atoms with Gasteiger partial charge in [0.25, 0.3) is 5.69 Å². The normalized spacial score (nSPS) is 23.3. The zero-order chi connectivity index (χ0) is 13.8. The van der Waals surface area contributed by atoms with Gasteiger partial charge in [-0.2, -0.15) is 0 Å². The second kappa shape index (κ2) is 6.35. The van der Waals surface area contributed by atoms with Crippen LogP contribution in [0.5, 0.6) is 0 Å². The highest BCUT2D eigenvalue weighted by Crippen LogP contribution is 2.25. The van der Waals surface area contributed by atoms with Crippen molar-refractivity contribution in [1.82, 2.24) is 5.32 Å². The molecule has 2 atom stereocenters. The van der Waals surface area contributed by atoms with Crippen LogP contribution in [0.4, 0.5) is 5.69 Å². The molecule has 0 amide bonds. The number of nitrogens with zero attached hydrogens (tertiary/aromatic N) is 1. The highest BCUT2D eigenvalue weighted by atomic mass is 35.5. The summed E-state index contributed by atoms with van der Waals surface area (Å²) in [6, 6.07) is 5.20. The summed E-state index contributed by atoms with van der Waals surface area (Å²) < 4.78 is 0. The molecule has 2 rings (SSSR count). The third-order valence-corrected chi connectivity index (χ3v) is 4.12. The highest BCUT2D eigenvalue weighted by molar-refractivity contribution is 6.31. The van der Waals surface area contributed by atoms with Crippen molar-refractivity contribution in [2.24, 2.45) is 5.92 Å². The quantitative estimate of drug-likeness (QED) is 0.673. The zero-order valence-corrected chi connectivity index (χ0v) is 11.8. The van der Waals surface area contributed by atoms with Gasteiger partial charge in [-0.25, -0.2) is 0 Å². The molecule has 0 heterocycles. The molecule has 5 heteroatoms. The molecular formula is C14H19ClN2O2. The van der Waals surface area contributed by atoms with Crippen molar-refractivity contribution >= 4 is 17.3 Å². The van der Waals surface area contributed by atoms with Crippen LogP contribution < -0.4 is 5.32 Å². The van der Waals surface area contributed by atoms with Gasteiger partial charge in [-0.3, -0.25) is 10.1 Å². The Balaban J connectivity index is 1.94. The average Bonchev–Trinajstić information content (AvgIpc) is 2.37. The molecule has 1 saturated carbocycles. The van der Waals surface area contributed by atoms with E-state index in [1.807, 2.05) is 0 Å². The zero-order valence-electron chi connectivity index (χ0n) is 11.1. The van der Waals surface area contributed by atoms with Crippen molar-refractivity contribution in [2.75, 3.05) is 0 Å². The average molecular weight is 283 g/mol. The number of benzene rings is 1. The SMILES string of the molecule is CC1CCCC(NCc2ccc([N+](=O)[O-])cc2Cl)C1. The Morgan fingerprint density at radius 1 is 1.47 bits per heavy atom. The van der Waals surface area contributed by atoms with Crippen molar-refractivity contribution in [2.45, 2.75) is 45.2 Å². The number of nitro benzene ring substituents is 1. The summed E-state index contributed by atoms with van der Waals surface area (Å²) in [7, 11) is 0. The molecule has 4 nitrogen and oxygen atoms in total. The van der Waals surface area contributed by atoms with Crippen LogP contribution in [0.3, 0.4) is 0 Å². The van der Waals surface area contributed by atoms with Gasteiger partial charge in [0.15, 0.2) is 0 Å². The summed E-state index contributed by atoms with van der Waals surface area (Å²) in [5, 5.41) is 14.6. The van der Waals surface area contributed by atoms with E-state index in [-0.39, 0.29) is 5.69 Å². The minimum atomic E-state index is -0.425. The monoisotopic (exact) mass is 282 g/mol. The van der Waals surface area contributed by atoms with Gasteiger partial charge in [-0.1, -0.05) is 31.4 Å². The molecule has 1 aromatic rings. The second-order valence-corrected chi connectivity index (χ2v) is 5.79. The third kappa shape index (κ3) is 3.91. The standard InChI is InChI=1S/C14H19ClN2O2/c1-10-3-2-4-12(7-10)16-9-11-5-6-13(17(18)19)8-14(11)15/h5-6,8,10,12,16H,2-4,7,9H2,1H3. The first-order valence-electron chi connectivity index (χ1n) is 6.72. The summed E-state index contributed by atoms with van der Waals surface area (Å²) in [4.78, 5) is 10.2. The van der Waals surface area contributed by atoms with E-state index in [0.717, 1.165) is 11.5 Å². The van der Waals surface area contributed by atoms with E-state index in [0.29, 0.717) is 17.6 Å². The van der Waals surface area contributed by atoms with E-state index in [2.05, 4.69) is 12.2 Å². The van der Waals surface area contributed by atoms with Crippen LogP contribution in [-0.4, -0.2) is 11.0 Å². The van der Waals surface area contributed by atoms with Crippen molar-refractivity contribution in [1.29, 1.82) is 0 Å². The van der Waals surface area contributed by atoms with Crippen molar-refractivity contribution in [3.05, 3.63) is 38.9 Å². The highest BCUT2D eigenvalue weighted by Gasteiger charge is 2.18. The number of non-ortho nitro benzene ring substituents is 1. The van der Waals surface area contributed by atoms with Gasteiger partial charge in [-0.05, 0) is 30.4 Å². The molecule has 1 N–H and O–H groups in total. The lowest BCUT2D eigenvalue weighted by Crippen LogP contribution is -2.33. The molecule has 0 radical (unpaired) electrons. The van der Waals surface area contributed by atoms with E-state index in [1.54, 1.807) is 6.07 Å². The maximum atomic E-state index is 10.6. The molecule has 0 bridgehead atoms. The molecule has 1 fully saturated rings. The predicted octanol–water partition coefficient (Wildman–Crippen LogP) is 3.92. The van der Waals surface area contributed by atoms with Crippen LogP contribution in [-0.2, 0) is 6.54 Å². The smallest absolute Gasteiger partial charge is 0.270 e. The molecule has 0 saturated heterocycles. The summed E-state index contributed by atoms with van der Waals surface area (Å²) in [5.41, 5.74) is 0.963. The Hall–Kier alpha value is -1.13. The van der Waals surface area contributed by atoms with E-state index in [4.69, 9.17) is 11.6 Å². The Bertz CT molecular complexity index is 465. The first kappa shape index (κ1) is 14.3. The Labute approximate surface area is 118 Å². The van der Waals surface area contributed by atoms with E-state index in [1.165, 1.54) is 37.8 Å². The fourth-order valence-electron chi connectivity index (χ4n) is 2.67. The summed E-state index contributed by atoms with van der Waals surface area (Å²) >= 11 is 6.08. The minimum absolute atomic E-state index is 0.0417. The van der Waals surface area contributed by atoms with Gasteiger partial charge < -0.3 is 5.32 Å². The molecule has 0 aliphatic heterocycles. The maximum Gasteiger partial charge on any atom is 0.270 e. The van der Waals surface area contributed by atoms with Crippen LogP contribution >= 0.6 is 11.6 Å².